The van der Waals surface area contributed by atoms with Crippen molar-refractivity contribution in [2.45, 2.75) is 39.2 Å². The number of likely N-dealkylation sites (tertiary alicyclic amines) is 1. The number of nitrogens with zero attached hydrogens (tertiary/aromatic N) is 2. The van der Waals surface area contributed by atoms with Gasteiger partial charge in [-0.2, -0.15) is 0 Å². The molecule has 0 bridgehead atoms. The smallest absolute Gasteiger partial charge is 0.127 e. The van der Waals surface area contributed by atoms with Crippen LogP contribution in [0.2, 0.25) is 0 Å². The van der Waals surface area contributed by atoms with Gasteiger partial charge in [-0.1, -0.05) is 13.8 Å². The van der Waals surface area contributed by atoms with E-state index in [4.69, 9.17) is 0 Å². The Hall–Kier alpha value is -0.410. The maximum absolute atomic E-state index is 11.1. The maximum Gasteiger partial charge on any atom is 0.127 e. The van der Waals surface area contributed by atoms with Gasteiger partial charge >= 0.3 is 0 Å². The molecular formula is C13H26N2O. The molecule has 94 valence electrons. The van der Waals surface area contributed by atoms with Gasteiger partial charge in [-0.15, -0.1) is 0 Å². The molecule has 0 aliphatic carbocycles. The standard InChI is InChI=1S/C13H26N2O/c1-5-13(2,11-16)10-15(4)12-7-6-8-14(3)9-12/h11-12H,5-10H2,1-4H3. The van der Waals surface area contributed by atoms with Crippen molar-refractivity contribution in [3.05, 3.63) is 0 Å². The number of carbonyl (C=O) groups is 1. The highest BCUT2D eigenvalue weighted by atomic mass is 16.1. The van der Waals surface area contributed by atoms with Crippen LogP contribution in [0.1, 0.15) is 33.1 Å². The van der Waals surface area contributed by atoms with Gasteiger partial charge in [0, 0.05) is 24.5 Å². The predicted molar refractivity (Wildman–Crippen MR) is 67.6 cm³/mol. The van der Waals surface area contributed by atoms with Crippen LogP contribution < -0.4 is 0 Å². The number of aldehydes is 1. The van der Waals surface area contributed by atoms with E-state index in [0.717, 1.165) is 25.8 Å². The maximum atomic E-state index is 11.1. The van der Waals surface area contributed by atoms with Gasteiger partial charge in [0.05, 0.1) is 0 Å². The second kappa shape index (κ2) is 5.78. The first kappa shape index (κ1) is 13.7. The number of likely N-dealkylation sites (N-methyl/N-ethyl adjacent to an activating group) is 2. The lowest BCUT2D eigenvalue weighted by Crippen LogP contribution is -2.48. The van der Waals surface area contributed by atoms with Gasteiger partial charge < -0.3 is 14.6 Å². The van der Waals surface area contributed by atoms with E-state index < -0.39 is 0 Å². The molecule has 16 heavy (non-hydrogen) atoms. The summed E-state index contributed by atoms with van der Waals surface area (Å²) in [6.45, 7) is 7.38. The Morgan fingerprint density at radius 1 is 1.56 bits per heavy atom. The SMILES string of the molecule is CCC(C)(C=O)CN(C)C1CCCN(C)C1. The zero-order valence-electron chi connectivity index (χ0n) is 11.2. The monoisotopic (exact) mass is 226 g/mol. The molecule has 0 aromatic heterocycles. The highest BCUT2D eigenvalue weighted by Gasteiger charge is 2.28. The van der Waals surface area contributed by atoms with Crippen molar-refractivity contribution in [3.63, 3.8) is 0 Å². The Morgan fingerprint density at radius 3 is 2.75 bits per heavy atom. The minimum Gasteiger partial charge on any atom is -0.305 e. The van der Waals surface area contributed by atoms with Crippen LogP contribution in [-0.4, -0.2) is 55.9 Å². The number of rotatable bonds is 5. The molecule has 0 radical (unpaired) electrons. The molecule has 1 heterocycles. The molecule has 1 aliphatic heterocycles. The molecule has 3 nitrogen and oxygen atoms in total. The van der Waals surface area contributed by atoms with Crippen LogP contribution in [0.5, 0.6) is 0 Å². The fourth-order valence-corrected chi connectivity index (χ4v) is 2.43. The molecule has 0 saturated carbocycles. The van der Waals surface area contributed by atoms with Gasteiger partial charge in [-0.05, 0) is 39.9 Å². The summed E-state index contributed by atoms with van der Waals surface area (Å²) in [5, 5.41) is 0. The summed E-state index contributed by atoms with van der Waals surface area (Å²) in [4.78, 5) is 15.9. The molecule has 1 saturated heterocycles. The van der Waals surface area contributed by atoms with E-state index in [1.165, 1.54) is 19.4 Å². The molecule has 0 N–H and O–H groups in total. The van der Waals surface area contributed by atoms with Crippen molar-refractivity contribution in [3.8, 4) is 0 Å². The quantitative estimate of drug-likeness (QED) is 0.666. The third-order valence-electron chi connectivity index (χ3n) is 3.93. The minimum atomic E-state index is -0.176. The van der Waals surface area contributed by atoms with Crippen molar-refractivity contribution in [1.29, 1.82) is 0 Å². The van der Waals surface area contributed by atoms with Crippen molar-refractivity contribution < 1.29 is 4.79 Å². The molecule has 0 aromatic rings. The van der Waals surface area contributed by atoms with E-state index in [1.54, 1.807) is 0 Å². The third kappa shape index (κ3) is 3.56. The first-order valence-corrected chi connectivity index (χ1v) is 6.36. The summed E-state index contributed by atoms with van der Waals surface area (Å²) in [5.74, 6) is 0. The minimum absolute atomic E-state index is 0.176. The highest BCUT2D eigenvalue weighted by Crippen LogP contribution is 2.22. The topological polar surface area (TPSA) is 23.6 Å². The fraction of sp³-hybridized carbons (Fsp3) is 0.923. The molecule has 0 amide bonds. The van der Waals surface area contributed by atoms with Crippen LogP contribution in [0, 0.1) is 5.41 Å². The number of hydrogen-bond acceptors (Lipinski definition) is 3. The molecule has 0 spiro atoms. The van der Waals surface area contributed by atoms with Crippen molar-refractivity contribution in [2.24, 2.45) is 5.41 Å². The molecular weight excluding hydrogens is 200 g/mol. The summed E-state index contributed by atoms with van der Waals surface area (Å²) in [6.07, 6.45) is 4.58. The van der Waals surface area contributed by atoms with E-state index in [1.807, 2.05) is 0 Å². The van der Waals surface area contributed by atoms with Gasteiger partial charge in [0.25, 0.3) is 0 Å². The lowest BCUT2D eigenvalue weighted by Gasteiger charge is -2.38. The van der Waals surface area contributed by atoms with Crippen LogP contribution >= 0.6 is 0 Å². The lowest BCUT2D eigenvalue weighted by molar-refractivity contribution is -0.116. The van der Waals surface area contributed by atoms with Crippen LogP contribution in [-0.2, 0) is 4.79 Å². The Kier molecular flexibility index (Phi) is 4.93. The van der Waals surface area contributed by atoms with Gasteiger partial charge in [0.1, 0.15) is 6.29 Å². The molecule has 1 fully saturated rings. The summed E-state index contributed by atoms with van der Waals surface area (Å²) >= 11 is 0. The zero-order valence-corrected chi connectivity index (χ0v) is 11.2. The summed E-state index contributed by atoms with van der Waals surface area (Å²) in [7, 11) is 4.33. The first-order valence-electron chi connectivity index (χ1n) is 6.36. The Labute approximate surface area is 99.8 Å². The fourth-order valence-electron chi connectivity index (χ4n) is 2.43. The Balaban J connectivity index is 2.50. The molecule has 2 atom stereocenters. The van der Waals surface area contributed by atoms with Crippen LogP contribution in [0.4, 0.5) is 0 Å². The Morgan fingerprint density at radius 2 is 2.25 bits per heavy atom. The van der Waals surface area contributed by atoms with Gasteiger partial charge in [-0.3, -0.25) is 0 Å². The molecule has 1 aliphatic rings. The van der Waals surface area contributed by atoms with Gasteiger partial charge in [0.15, 0.2) is 0 Å². The van der Waals surface area contributed by atoms with Gasteiger partial charge in [-0.25, -0.2) is 0 Å². The molecule has 3 heteroatoms. The second-order valence-corrected chi connectivity index (χ2v) is 5.60. The third-order valence-corrected chi connectivity index (χ3v) is 3.93. The van der Waals surface area contributed by atoms with Crippen molar-refractivity contribution >= 4 is 6.29 Å². The number of carbonyl (C=O) groups excluding carboxylic acids is 1. The number of piperidine rings is 1. The van der Waals surface area contributed by atoms with Crippen molar-refractivity contribution in [1.82, 2.24) is 9.80 Å². The average Bonchev–Trinajstić information content (AvgIpc) is 2.29. The van der Waals surface area contributed by atoms with Crippen LogP contribution in [0.3, 0.4) is 0 Å². The van der Waals surface area contributed by atoms with E-state index in [2.05, 4.69) is 37.7 Å². The van der Waals surface area contributed by atoms with Gasteiger partial charge in [0.2, 0.25) is 0 Å². The van der Waals surface area contributed by atoms with E-state index in [9.17, 15) is 4.79 Å². The van der Waals surface area contributed by atoms with Crippen LogP contribution in [0.25, 0.3) is 0 Å². The predicted octanol–water partition coefficient (Wildman–Crippen LogP) is 1.63. The van der Waals surface area contributed by atoms with Crippen molar-refractivity contribution in [2.75, 3.05) is 33.7 Å². The van der Waals surface area contributed by atoms with E-state index >= 15 is 0 Å². The number of hydrogen-bond donors (Lipinski definition) is 0. The van der Waals surface area contributed by atoms with E-state index in [-0.39, 0.29) is 5.41 Å². The normalized spacial score (nSPS) is 26.7. The highest BCUT2D eigenvalue weighted by molar-refractivity contribution is 5.58. The van der Waals surface area contributed by atoms with E-state index in [0.29, 0.717) is 6.04 Å². The molecule has 2 unspecified atom stereocenters. The summed E-state index contributed by atoms with van der Waals surface area (Å²) < 4.78 is 0. The largest absolute Gasteiger partial charge is 0.305 e. The molecule has 1 rings (SSSR count). The summed E-state index contributed by atoms with van der Waals surface area (Å²) in [5.41, 5.74) is -0.176. The lowest BCUT2D eigenvalue weighted by atomic mass is 9.88. The zero-order chi connectivity index (χ0) is 12.2. The molecule has 0 aromatic carbocycles. The summed E-state index contributed by atoms with van der Waals surface area (Å²) in [6, 6.07) is 0.615. The Bertz CT molecular complexity index is 232. The second-order valence-electron chi connectivity index (χ2n) is 5.60. The first-order chi connectivity index (χ1) is 7.50. The van der Waals surface area contributed by atoms with Crippen LogP contribution in [0.15, 0.2) is 0 Å². The average molecular weight is 226 g/mol.